The lowest BCUT2D eigenvalue weighted by atomic mass is 10.2. The molecule has 1 fully saturated rings. The molecule has 0 saturated carbocycles. The second kappa shape index (κ2) is 6.30. The fourth-order valence-corrected chi connectivity index (χ4v) is 2.75. The Hall–Kier alpha value is -0.220. The van der Waals surface area contributed by atoms with Crippen LogP contribution in [0.15, 0.2) is 0 Å². The molecule has 1 aliphatic heterocycles. The van der Waals surface area contributed by atoms with Crippen molar-refractivity contribution >= 4 is 17.7 Å². The van der Waals surface area contributed by atoms with E-state index >= 15 is 0 Å². The molecule has 0 aliphatic carbocycles. The Kier molecular flexibility index (Phi) is 5.33. The van der Waals surface area contributed by atoms with Crippen LogP contribution in [-0.2, 0) is 9.53 Å². The lowest BCUT2D eigenvalue weighted by Gasteiger charge is -2.15. The molecule has 0 radical (unpaired) electrons. The minimum atomic E-state index is -0.729. The van der Waals surface area contributed by atoms with Gasteiger partial charge >= 0.3 is 5.97 Å². The van der Waals surface area contributed by atoms with Gasteiger partial charge in [-0.25, -0.2) is 0 Å². The first-order chi connectivity index (χ1) is 6.75. The zero-order chi connectivity index (χ0) is 10.4. The quantitative estimate of drug-likeness (QED) is 0.694. The number of unbranched alkanes of at least 4 members (excludes halogenated alkanes) is 2. The van der Waals surface area contributed by atoms with Crippen molar-refractivity contribution in [2.24, 2.45) is 0 Å². The Balaban J connectivity index is 2.19. The summed E-state index contributed by atoms with van der Waals surface area (Å²) < 4.78 is 5.58. The maximum atomic E-state index is 10.8. The molecule has 0 bridgehead atoms. The Morgan fingerprint density at radius 3 is 3.00 bits per heavy atom. The van der Waals surface area contributed by atoms with Gasteiger partial charge in [0.2, 0.25) is 0 Å². The van der Waals surface area contributed by atoms with Crippen molar-refractivity contribution in [3.8, 4) is 0 Å². The maximum absolute atomic E-state index is 10.8. The monoisotopic (exact) mass is 218 g/mol. The van der Waals surface area contributed by atoms with Gasteiger partial charge in [0.05, 0.1) is 6.10 Å². The minimum absolute atomic E-state index is 0.0608. The van der Waals surface area contributed by atoms with E-state index in [9.17, 15) is 4.79 Å². The predicted octanol–water partition coefficient (Wildman–Crippen LogP) is 2.15. The van der Waals surface area contributed by atoms with E-state index in [2.05, 4.69) is 6.92 Å². The van der Waals surface area contributed by atoms with E-state index in [0.29, 0.717) is 6.61 Å². The van der Waals surface area contributed by atoms with Crippen LogP contribution >= 0.6 is 11.8 Å². The Labute approximate surface area is 89.2 Å². The van der Waals surface area contributed by atoms with E-state index in [1.165, 1.54) is 18.2 Å². The van der Waals surface area contributed by atoms with Crippen molar-refractivity contribution in [1.82, 2.24) is 0 Å². The molecule has 1 N–H and O–H groups in total. The molecule has 2 unspecified atom stereocenters. The molecule has 82 valence electrons. The van der Waals surface area contributed by atoms with Crippen LogP contribution in [0.2, 0.25) is 0 Å². The van der Waals surface area contributed by atoms with Crippen LogP contribution in [0, 0.1) is 0 Å². The van der Waals surface area contributed by atoms with E-state index < -0.39 is 5.97 Å². The van der Waals surface area contributed by atoms with Crippen LogP contribution in [0.3, 0.4) is 0 Å². The second-order valence-corrected chi connectivity index (χ2v) is 4.78. The fraction of sp³-hybridized carbons (Fsp3) is 0.900. The minimum Gasteiger partial charge on any atom is -0.480 e. The molecule has 14 heavy (non-hydrogen) atoms. The summed E-state index contributed by atoms with van der Waals surface area (Å²) in [6, 6.07) is 0. The molecule has 4 heteroatoms. The van der Waals surface area contributed by atoms with Crippen molar-refractivity contribution in [1.29, 1.82) is 0 Å². The smallest absolute Gasteiger partial charge is 0.319 e. The van der Waals surface area contributed by atoms with Gasteiger partial charge in [-0.15, -0.1) is 11.8 Å². The van der Waals surface area contributed by atoms with Gasteiger partial charge in [-0.05, 0) is 18.6 Å². The summed E-state index contributed by atoms with van der Waals surface area (Å²) in [4.78, 5) is 10.8. The van der Waals surface area contributed by atoms with Gasteiger partial charge in [0, 0.05) is 6.61 Å². The lowest BCUT2D eigenvalue weighted by Crippen LogP contribution is -2.29. The molecule has 1 rings (SSSR count). The number of rotatable bonds is 6. The highest BCUT2D eigenvalue weighted by molar-refractivity contribution is 8.00. The Morgan fingerprint density at radius 2 is 2.36 bits per heavy atom. The van der Waals surface area contributed by atoms with Gasteiger partial charge in [-0.3, -0.25) is 4.79 Å². The molecule has 2 atom stereocenters. The van der Waals surface area contributed by atoms with Crippen LogP contribution in [0.5, 0.6) is 0 Å². The van der Waals surface area contributed by atoms with Crippen LogP contribution in [0.1, 0.15) is 32.6 Å². The summed E-state index contributed by atoms with van der Waals surface area (Å²) in [6.45, 7) is 2.86. The molecule has 0 aromatic carbocycles. The van der Waals surface area contributed by atoms with Gasteiger partial charge < -0.3 is 9.84 Å². The second-order valence-electron chi connectivity index (χ2n) is 3.53. The number of aliphatic carboxylic acids is 1. The van der Waals surface area contributed by atoms with Gasteiger partial charge in [-0.1, -0.05) is 19.8 Å². The normalized spacial score (nSPS) is 26.6. The first kappa shape index (κ1) is 11.9. The SMILES string of the molecule is CCCCCOC1CCSC1C(=O)O. The number of carbonyl (C=O) groups is 1. The number of ether oxygens (including phenoxy) is 1. The molecule has 3 nitrogen and oxygen atoms in total. The first-order valence-corrected chi connectivity index (χ1v) is 6.26. The molecular weight excluding hydrogens is 200 g/mol. The van der Waals surface area contributed by atoms with E-state index in [0.717, 1.165) is 25.0 Å². The summed E-state index contributed by atoms with van der Waals surface area (Å²) in [5.74, 6) is 0.183. The number of hydrogen-bond donors (Lipinski definition) is 1. The van der Waals surface area contributed by atoms with Gasteiger partial charge in [-0.2, -0.15) is 0 Å². The molecule has 1 heterocycles. The number of hydrogen-bond acceptors (Lipinski definition) is 3. The van der Waals surface area contributed by atoms with E-state index in [-0.39, 0.29) is 11.4 Å². The summed E-state index contributed by atoms with van der Waals surface area (Å²) in [7, 11) is 0. The van der Waals surface area contributed by atoms with Gasteiger partial charge in [0.15, 0.2) is 0 Å². The molecule has 1 aliphatic rings. The van der Waals surface area contributed by atoms with Gasteiger partial charge in [0.1, 0.15) is 5.25 Å². The average molecular weight is 218 g/mol. The van der Waals surface area contributed by atoms with E-state index in [4.69, 9.17) is 9.84 Å². The largest absolute Gasteiger partial charge is 0.480 e. The third-order valence-corrected chi connectivity index (χ3v) is 3.70. The standard InChI is InChI=1S/C10H18O3S/c1-2-3-4-6-13-8-5-7-14-9(8)10(11)12/h8-9H,2-7H2,1H3,(H,11,12). The van der Waals surface area contributed by atoms with Crippen molar-refractivity contribution in [2.45, 2.75) is 44.0 Å². The van der Waals surface area contributed by atoms with Crippen LogP contribution < -0.4 is 0 Å². The number of carboxylic acids is 1. The maximum Gasteiger partial charge on any atom is 0.319 e. The number of carboxylic acid groups (broad SMARTS) is 1. The van der Waals surface area contributed by atoms with E-state index in [1.807, 2.05) is 0 Å². The highest BCUT2D eigenvalue weighted by Gasteiger charge is 2.34. The fourth-order valence-electron chi connectivity index (χ4n) is 1.56. The summed E-state index contributed by atoms with van der Waals surface area (Å²) in [6.07, 6.45) is 4.20. The van der Waals surface area contributed by atoms with Crippen LogP contribution in [0.25, 0.3) is 0 Å². The molecule has 1 saturated heterocycles. The molecular formula is C10H18O3S. The van der Waals surface area contributed by atoms with Crippen molar-refractivity contribution < 1.29 is 14.6 Å². The topological polar surface area (TPSA) is 46.5 Å². The zero-order valence-electron chi connectivity index (χ0n) is 8.57. The summed E-state index contributed by atoms with van der Waals surface area (Å²) in [5.41, 5.74) is 0. The number of thioether (sulfide) groups is 1. The zero-order valence-corrected chi connectivity index (χ0v) is 9.39. The third-order valence-electron chi connectivity index (χ3n) is 2.36. The highest BCUT2D eigenvalue weighted by Crippen LogP contribution is 2.29. The highest BCUT2D eigenvalue weighted by atomic mass is 32.2. The van der Waals surface area contributed by atoms with Crippen molar-refractivity contribution in [3.63, 3.8) is 0 Å². The van der Waals surface area contributed by atoms with Crippen molar-refractivity contribution in [2.75, 3.05) is 12.4 Å². The lowest BCUT2D eigenvalue weighted by molar-refractivity contribution is -0.139. The van der Waals surface area contributed by atoms with Crippen LogP contribution in [0.4, 0.5) is 0 Å². The Bertz CT molecular complexity index is 184. The molecule has 0 amide bonds. The first-order valence-electron chi connectivity index (χ1n) is 5.21. The summed E-state index contributed by atoms with van der Waals surface area (Å²) >= 11 is 1.50. The van der Waals surface area contributed by atoms with Gasteiger partial charge in [0.25, 0.3) is 0 Å². The average Bonchev–Trinajstić information content (AvgIpc) is 2.60. The summed E-state index contributed by atoms with van der Waals surface area (Å²) in [5, 5.41) is 8.55. The third kappa shape index (κ3) is 3.50. The Morgan fingerprint density at radius 1 is 1.57 bits per heavy atom. The predicted molar refractivity (Wildman–Crippen MR) is 57.8 cm³/mol. The molecule has 0 aromatic heterocycles. The van der Waals surface area contributed by atoms with Crippen LogP contribution in [-0.4, -0.2) is 34.8 Å². The molecule has 0 aromatic rings. The van der Waals surface area contributed by atoms with E-state index in [1.54, 1.807) is 0 Å². The van der Waals surface area contributed by atoms with Crippen molar-refractivity contribution in [3.05, 3.63) is 0 Å². The molecule has 0 spiro atoms.